The number of nitrogens with zero attached hydrogens (tertiary/aromatic N) is 1. The van der Waals surface area contributed by atoms with Crippen LogP contribution in [0, 0.1) is 0 Å². The normalized spacial score (nSPS) is 30.7. The monoisotopic (exact) mass is 275 g/mol. The first-order chi connectivity index (χ1) is 8.59. The molecular formula is C12H25N3O2S. The summed E-state index contributed by atoms with van der Waals surface area (Å²) in [7, 11) is -3.27. The molecule has 6 heteroatoms. The third kappa shape index (κ3) is 3.66. The molecule has 106 valence electrons. The van der Waals surface area contributed by atoms with E-state index in [1.165, 1.54) is 12.8 Å². The Morgan fingerprint density at radius 2 is 2.11 bits per heavy atom. The van der Waals surface area contributed by atoms with Crippen molar-refractivity contribution in [3.05, 3.63) is 0 Å². The number of nitrogens with one attached hydrogen (secondary N) is 2. The molecule has 0 saturated carbocycles. The van der Waals surface area contributed by atoms with Crippen molar-refractivity contribution in [2.75, 3.05) is 19.6 Å². The molecule has 2 fully saturated rings. The molecule has 5 nitrogen and oxygen atoms in total. The van der Waals surface area contributed by atoms with E-state index in [-0.39, 0.29) is 6.04 Å². The minimum absolute atomic E-state index is 0.140. The highest BCUT2D eigenvalue weighted by atomic mass is 32.2. The second kappa shape index (κ2) is 6.32. The van der Waals surface area contributed by atoms with E-state index in [9.17, 15) is 8.42 Å². The van der Waals surface area contributed by atoms with Gasteiger partial charge in [-0.15, -0.1) is 0 Å². The summed E-state index contributed by atoms with van der Waals surface area (Å²) in [6, 6.07) is 0.632. The predicted molar refractivity (Wildman–Crippen MR) is 72.6 cm³/mol. The van der Waals surface area contributed by atoms with Crippen molar-refractivity contribution in [2.45, 2.75) is 57.5 Å². The standard InChI is InChI=1S/C12H25N3O2S/c1-11-5-2-3-10-15(11)18(16,17)14-9-7-12-6-4-8-13-12/h11-14H,2-10H2,1H3/t11?,12-/m0/s1. The summed E-state index contributed by atoms with van der Waals surface area (Å²) in [6.45, 7) is 4.28. The molecule has 2 heterocycles. The fraction of sp³-hybridized carbons (Fsp3) is 1.00. The molecule has 2 rings (SSSR count). The number of piperidine rings is 1. The molecule has 2 aliphatic heterocycles. The molecule has 0 bridgehead atoms. The summed E-state index contributed by atoms with van der Waals surface area (Å²) in [5, 5.41) is 3.38. The first-order valence-electron chi connectivity index (χ1n) is 7.09. The largest absolute Gasteiger partial charge is 0.314 e. The summed E-state index contributed by atoms with van der Waals surface area (Å²) < 4.78 is 28.7. The van der Waals surface area contributed by atoms with Gasteiger partial charge < -0.3 is 5.32 Å². The predicted octanol–water partition coefficient (Wildman–Crippen LogP) is 0.837. The van der Waals surface area contributed by atoms with Crippen molar-refractivity contribution in [2.24, 2.45) is 0 Å². The van der Waals surface area contributed by atoms with Crippen LogP contribution in [0.2, 0.25) is 0 Å². The maximum absolute atomic E-state index is 12.2. The van der Waals surface area contributed by atoms with E-state index in [0.717, 1.165) is 32.2 Å². The van der Waals surface area contributed by atoms with Crippen molar-refractivity contribution in [1.82, 2.24) is 14.3 Å². The van der Waals surface area contributed by atoms with Crippen molar-refractivity contribution in [3.8, 4) is 0 Å². The highest BCUT2D eigenvalue weighted by molar-refractivity contribution is 7.87. The molecule has 0 aromatic carbocycles. The Bertz CT molecular complexity index is 352. The minimum Gasteiger partial charge on any atom is -0.314 e. The van der Waals surface area contributed by atoms with Crippen LogP contribution in [-0.4, -0.2) is 44.4 Å². The molecule has 2 saturated heterocycles. The zero-order valence-electron chi connectivity index (χ0n) is 11.2. The van der Waals surface area contributed by atoms with Gasteiger partial charge >= 0.3 is 0 Å². The Balaban J connectivity index is 1.78. The van der Waals surface area contributed by atoms with Crippen LogP contribution in [0.1, 0.15) is 45.4 Å². The molecule has 0 spiro atoms. The number of hydrogen-bond acceptors (Lipinski definition) is 3. The second-order valence-electron chi connectivity index (χ2n) is 5.44. The summed E-state index contributed by atoms with van der Waals surface area (Å²) in [5.74, 6) is 0. The highest BCUT2D eigenvalue weighted by Crippen LogP contribution is 2.19. The average Bonchev–Trinajstić information content (AvgIpc) is 2.82. The van der Waals surface area contributed by atoms with Crippen molar-refractivity contribution in [1.29, 1.82) is 0 Å². The molecule has 2 N–H and O–H groups in total. The number of rotatable bonds is 5. The van der Waals surface area contributed by atoms with Crippen LogP contribution < -0.4 is 10.0 Å². The lowest BCUT2D eigenvalue weighted by Gasteiger charge is -2.32. The molecule has 2 atom stereocenters. The smallest absolute Gasteiger partial charge is 0.279 e. The Morgan fingerprint density at radius 1 is 1.28 bits per heavy atom. The fourth-order valence-electron chi connectivity index (χ4n) is 2.88. The van der Waals surface area contributed by atoms with E-state index < -0.39 is 10.2 Å². The van der Waals surface area contributed by atoms with Gasteiger partial charge in [-0.3, -0.25) is 0 Å². The van der Waals surface area contributed by atoms with Crippen molar-refractivity contribution in [3.63, 3.8) is 0 Å². The van der Waals surface area contributed by atoms with E-state index >= 15 is 0 Å². The average molecular weight is 275 g/mol. The van der Waals surface area contributed by atoms with Crippen LogP contribution in [0.5, 0.6) is 0 Å². The molecule has 0 aromatic heterocycles. The Kier molecular flexibility index (Phi) is 5.00. The lowest BCUT2D eigenvalue weighted by atomic mass is 10.1. The van der Waals surface area contributed by atoms with Gasteiger partial charge in [-0.05, 0) is 45.6 Å². The number of hydrogen-bond donors (Lipinski definition) is 2. The van der Waals surface area contributed by atoms with Gasteiger partial charge in [0.1, 0.15) is 0 Å². The quantitative estimate of drug-likeness (QED) is 0.781. The Labute approximate surface area is 110 Å². The van der Waals surface area contributed by atoms with E-state index in [0.29, 0.717) is 19.1 Å². The molecule has 1 unspecified atom stereocenters. The fourth-order valence-corrected chi connectivity index (χ4v) is 4.37. The molecular weight excluding hydrogens is 250 g/mol. The lowest BCUT2D eigenvalue weighted by molar-refractivity contribution is 0.265. The molecule has 0 aromatic rings. The molecule has 18 heavy (non-hydrogen) atoms. The van der Waals surface area contributed by atoms with Crippen LogP contribution in [0.3, 0.4) is 0 Å². The van der Waals surface area contributed by atoms with Crippen LogP contribution in [0.15, 0.2) is 0 Å². The molecule has 2 aliphatic rings. The third-order valence-corrected chi connectivity index (χ3v) is 5.72. The summed E-state index contributed by atoms with van der Waals surface area (Å²) in [4.78, 5) is 0. The molecule has 0 amide bonds. The van der Waals surface area contributed by atoms with Crippen molar-refractivity contribution >= 4 is 10.2 Å². The van der Waals surface area contributed by atoms with Crippen LogP contribution >= 0.6 is 0 Å². The maximum atomic E-state index is 12.2. The van der Waals surface area contributed by atoms with E-state index in [1.54, 1.807) is 4.31 Å². The molecule has 0 radical (unpaired) electrons. The maximum Gasteiger partial charge on any atom is 0.279 e. The Hall–Kier alpha value is -0.170. The first kappa shape index (κ1) is 14.2. The van der Waals surface area contributed by atoms with Gasteiger partial charge in [0.05, 0.1) is 0 Å². The summed E-state index contributed by atoms with van der Waals surface area (Å²) in [5.41, 5.74) is 0. The van der Waals surface area contributed by atoms with Gasteiger partial charge in [0, 0.05) is 25.2 Å². The highest BCUT2D eigenvalue weighted by Gasteiger charge is 2.29. The lowest BCUT2D eigenvalue weighted by Crippen LogP contribution is -2.48. The van der Waals surface area contributed by atoms with Crippen LogP contribution in [0.25, 0.3) is 0 Å². The topological polar surface area (TPSA) is 61.4 Å². The molecule has 0 aliphatic carbocycles. The zero-order chi connectivity index (χ0) is 13.0. The van der Waals surface area contributed by atoms with Gasteiger partial charge in [-0.1, -0.05) is 6.42 Å². The van der Waals surface area contributed by atoms with Gasteiger partial charge in [0.2, 0.25) is 0 Å². The summed E-state index contributed by atoms with van der Waals surface area (Å²) in [6.07, 6.45) is 6.36. The van der Waals surface area contributed by atoms with Crippen LogP contribution in [-0.2, 0) is 10.2 Å². The van der Waals surface area contributed by atoms with Gasteiger partial charge in [-0.2, -0.15) is 12.7 Å². The van der Waals surface area contributed by atoms with Crippen molar-refractivity contribution < 1.29 is 8.42 Å². The Morgan fingerprint density at radius 3 is 2.78 bits per heavy atom. The second-order valence-corrected chi connectivity index (χ2v) is 7.14. The van der Waals surface area contributed by atoms with E-state index in [4.69, 9.17) is 0 Å². The van der Waals surface area contributed by atoms with Crippen LogP contribution in [0.4, 0.5) is 0 Å². The van der Waals surface area contributed by atoms with Gasteiger partial charge in [0.25, 0.3) is 10.2 Å². The van der Waals surface area contributed by atoms with E-state index in [2.05, 4.69) is 10.0 Å². The van der Waals surface area contributed by atoms with E-state index in [1.807, 2.05) is 6.92 Å². The zero-order valence-corrected chi connectivity index (χ0v) is 12.0. The van der Waals surface area contributed by atoms with Gasteiger partial charge in [-0.25, -0.2) is 4.72 Å². The minimum atomic E-state index is -3.27. The SMILES string of the molecule is CC1CCCCN1S(=O)(=O)NCC[C@@H]1CCCN1. The summed E-state index contributed by atoms with van der Waals surface area (Å²) >= 11 is 0. The van der Waals surface area contributed by atoms with Gasteiger partial charge in [0.15, 0.2) is 0 Å². The first-order valence-corrected chi connectivity index (χ1v) is 8.53. The third-order valence-electron chi connectivity index (χ3n) is 3.99.